The Kier molecular flexibility index (Phi) is 7.96. The molecule has 0 aliphatic heterocycles. The van der Waals surface area contributed by atoms with Crippen molar-refractivity contribution in [2.75, 3.05) is 13.7 Å². The van der Waals surface area contributed by atoms with Gasteiger partial charge < -0.3 is 14.2 Å². The number of nitrogens with zero attached hydrogens (tertiary/aromatic N) is 2. The second kappa shape index (κ2) is 11.5. The van der Waals surface area contributed by atoms with Gasteiger partial charge in [-0.15, -0.1) is 11.3 Å². The molecule has 1 amide bonds. The van der Waals surface area contributed by atoms with Crippen LogP contribution < -0.4 is 19.6 Å². The molecule has 1 heterocycles. The summed E-state index contributed by atoms with van der Waals surface area (Å²) in [4.78, 5) is 35.1. The lowest BCUT2D eigenvalue weighted by molar-refractivity contribution is -0.384. The Labute approximate surface area is 219 Å². The lowest BCUT2D eigenvalue weighted by atomic mass is 10.2. The van der Waals surface area contributed by atoms with Crippen LogP contribution in [0.1, 0.15) is 15.2 Å². The predicted octanol–water partition coefficient (Wildman–Crippen LogP) is 5.22. The van der Waals surface area contributed by atoms with Crippen LogP contribution >= 0.6 is 22.9 Å². The van der Waals surface area contributed by atoms with Gasteiger partial charge in [0.15, 0.2) is 18.1 Å². The molecule has 188 valence electrons. The summed E-state index contributed by atoms with van der Waals surface area (Å²) in [5, 5.41) is 15.7. The number of ether oxygens (including phenoxy) is 3. The number of benzene rings is 3. The van der Waals surface area contributed by atoms with E-state index in [1.807, 2.05) is 24.3 Å². The van der Waals surface area contributed by atoms with Crippen molar-refractivity contribution in [2.24, 2.45) is 5.10 Å². The van der Waals surface area contributed by atoms with Crippen LogP contribution in [-0.2, 0) is 4.79 Å². The smallest absolute Gasteiger partial charge is 0.355 e. The molecule has 0 atom stereocenters. The highest BCUT2D eigenvalue weighted by Crippen LogP contribution is 2.37. The first kappa shape index (κ1) is 25.6. The number of fused-ring (bicyclic) bond motifs is 1. The molecule has 4 rings (SSSR count). The number of hydrazone groups is 1. The molecule has 0 spiro atoms. The molecule has 12 heteroatoms. The first-order valence-corrected chi connectivity index (χ1v) is 11.8. The average molecular weight is 540 g/mol. The molecule has 10 nitrogen and oxygen atoms in total. The van der Waals surface area contributed by atoms with Crippen LogP contribution in [0.3, 0.4) is 0 Å². The van der Waals surface area contributed by atoms with E-state index >= 15 is 0 Å². The quantitative estimate of drug-likeness (QED) is 0.101. The molecule has 0 saturated heterocycles. The SMILES string of the molecule is COc1cc(/C=N\NC(=O)COc2ccc([N+](=O)[O-])cc2)ccc1OC(=O)c1sc2ccccc2c1Cl. The van der Waals surface area contributed by atoms with Crippen molar-refractivity contribution in [3.05, 3.63) is 92.3 Å². The standard InChI is InChI=1S/C25H18ClN3O7S/c1-34-20-12-15(13-27-28-22(30)14-35-17-9-7-16(8-10-17)29(32)33)6-11-19(20)36-25(31)24-23(26)18-4-2-3-5-21(18)37-24/h2-13H,14H2,1H3,(H,28,30)/b27-13-. The molecule has 0 radical (unpaired) electrons. The Balaban J connectivity index is 1.34. The fourth-order valence-electron chi connectivity index (χ4n) is 3.16. The van der Waals surface area contributed by atoms with Crippen LogP contribution in [0.2, 0.25) is 5.02 Å². The first-order chi connectivity index (χ1) is 17.9. The fourth-order valence-corrected chi connectivity index (χ4v) is 4.55. The highest BCUT2D eigenvalue weighted by molar-refractivity contribution is 7.21. The number of methoxy groups -OCH3 is 1. The number of nitro benzene ring substituents is 1. The van der Waals surface area contributed by atoms with Gasteiger partial charge in [-0.2, -0.15) is 5.10 Å². The fraction of sp³-hybridized carbons (Fsp3) is 0.0800. The zero-order chi connectivity index (χ0) is 26.4. The summed E-state index contributed by atoms with van der Waals surface area (Å²) in [5.41, 5.74) is 2.79. The summed E-state index contributed by atoms with van der Waals surface area (Å²) in [6.07, 6.45) is 1.38. The number of amides is 1. The van der Waals surface area contributed by atoms with Crippen molar-refractivity contribution in [3.63, 3.8) is 0 Å². The van der Waals surface area contributed by atoms with Crippen molar-refractivity contribution in [1.82, 2.24) is 5.43 Å². The summed E-state index contributed by atoms with van der Waals surface area (Å²) >= 11 is 7.61. The van der Waals surface area contributed by atoms with Crippen molar-refractivity contribution < 1.29 is 28.7 Å². The molecule has 0 bridgehead atoms. The summed E-state index contributed by atoms with van der Waals surface area (Å²) < 4.78 is 17.0. The number of halogens is 1. The number of rotatable bonds is 9. The maximum Gasteiger partial charge on any atom is 0.355 e. The summed E-state index contributed by atoms with van der Waals surface area (Å²) in [5.74, 6) is -0.365. The van der Waals surface area contributed by atoms with Gasteiger partial charge in [-0.1, -0.05) is 29.8 Å². The number of carbonyl (C=O) groups is 2. The second-order valence-corrected chi connectivity index (χ2v) is 8.80. The molecule has 1 aromatic heterocycles. The van der Waals surface area contributed by atoms with Crippen molar-refractivity contribution >= 4 is 56.8 Å². The number of nitro groups is 1. The van der Waals surface area contributed by atoms with Gasteiger partial charge in [0.2, 0.25) is 0 Å². The van der Waals surface area contributed by atoms with E-state index in [9.17, 15) is 19.7 Å². The summed E-state index contributed by atoms with van der Waals surface area (Å²) in [7, 11) is 1.43. The van der Waals surface area contributed by atoms with Crippen LogP contribution in [0.15, 0.2) is 71.8 Å². The van der Waals surface area contributed by atoms with Crippen LogP contribution in [0.5, 0.6) is 17.2 Å². The zero-order valence-corrected chi connectivity index (χ0v) is 20.7. The van der Waals surface area contributed by atoms with Gasteiger partial charge in [-0.25, -0.2) is 10.2 Å². The summed E-state index contributed by atoms with van der Waals surface area (Å²) in [6, 6.07) is 17.5. The van der Waals surface area contributed by atoms with Crippen LogP contribution in [0.25, 0.3) is 10.1 Å². The molecule has 0 aliphatic rings. The Morgan fingerprint density at radius 1 is 1.11 bits per heavy atom. The van der Waals surface area contributed by atoms with E-state index in [1.54, 1.807) is 18.2 Å². The summed E-state index contributed by atoms with van der Waals surface area (Å²) in [6.45, 7) is -0.340. The van der Waals surface area contributed by atoms with Gasteiger partial charge in [-0.3, -0.25) is 14.9 Å². The lowest BCUT2D eigenvalue weighted by Crippen LogP contribution is -2.24. The van der Waals surface area contributed by atoms with Crippen LogP contribution in [0, 0.1) is 10.1 Å². The Morgan fingerprint density at radius 2 is 1.86 bits per heavy atom. The second-order valence-electron chi connectivity index (χ2n) is 7.37. The minimum absolute atomic E-state index is 0.0819. The van der Waals surface area contributed by atoms with Gasteiger partial charge >= 0.3 is 5.97 Å². The molecule has 37 heavy (non-hydrogen) atoms. The number of hydrogen-bond donors (Lipinski definition) is 1. The van der Waals surface area contributed by atoms with E-state index in [1.165, 1.54) is 48.9 Å². The lowest BCUT2D eigenvalue weighted by Gasteiger charge is -2.09. The van der Waals surface area contributed by atoms with Crippen LogP contribution in [0.4, 0.5) is 5.69 Å². The number of non-ortho nitro benzene ring substituents is 1. The Hall–Kier alpha value is -4.48. The minimum atomic E-state index is -0.605. The molecule has 0 aliphatic carbocycles. The molecular weight excluding hydrogens is 522 g/mol. The third-order valence-electron chi connectivity index (χ3n) is 4.93. The monoisotopic (exact) mass is 539 g/mol. The zero-order valence-electron chi connectivity index (χ0n) is 19.2. The first-order valence-electron chi connectivity index (χ1n) is 10.6. The maximum absolute atomic E-state index is 12.7. The molecule has 4 aromatic rings. The molecule has 0 unspecified atom stereocenters. The predicted molar refractivity (Wildman–Crippen MR) is 139 cm³/mol. The Bertz CT molecular complexity index is 1500. The normalized spacial score (nSPS) is 10.9. The number of carbonyl (C=O) groups excluding carboxylic acids is 2. The van der Waals surface area contributed by atoms with Gasteiger partial charge in [0, 0.05) is 22.2 Å². The third kappa shape index (κ3) is 6.21. The number of nitrogens with one attached hydrogen (secondary N) is 1. The Morgan fingerprint density at radius 3 is 2.57 bits per heavy atom. The van der Waals surface area contributed by atoms with E-state index in [-0.39, 0.29) is 28.7 Å². The molecule has 0 fully saturated rings. The van der Waals surface area contributed by atoms with Gasteiger partial charge in [0.25, 0.3) is 11.6 Å². The number of hydrogen-bond acceptors (Lipinski definition) is 9. The third-order valence-corrected chi connectivity index (χ3v) is 6.59. The van der Waals surface area contributed by atoms with Gasteiger partial charge in [0.1, 0.15) is 10.6 Å². The van der Waals surface area contributed by atoms with E-state index in [4.69, 9.17) is 25.8 Å². The van der Waals surface area contributed by atoms with E-state index in [2.05, 4.69) is 10.5 Å². The van der Waals surface area contributed by atoms with E-state index < -0.39 is 16.8 Å². The topological polar surface area (TPSA) is 129 Å². The molecular formula is C25H18ClN3O7S. The molecule has 0 saturated carbocycles. The minimum Gasteiger partial charge on any atom is -0.493 e. The highest BCUT2D eigenvalue weighted by atomic mass is 35.5. The molecule has 3 aromatic carbocycles. The number of thiophene rings is 1. The van der Waals surface area contributed by atoms with E-state index in [0.717, 1.165) is 10.1 Å². The average Bonchev–Trinajstić information content (AvgIpc) is 3.25. The number of esters is 1. The maximum atomic E-state index is 12.7. The highest BCUT2D eigenvalue weighted by Gasteiger charge is 2.20. The molecule has 1 N–H and O–H groups in total. The van der Waals surface area contributed by atoms with E-state index in [0.29, 0.717) is 16.3 Å². The largest absolute Gasteiger partial charge is 0.493 e. The van der Waals surface area contributed by atoms with Crippen LogP contribution in [-0.4, -0.2) is 36.7 Å². The van der Waals surface area contributed by atoms with Gasteiger partial charge in [-0.05, 0) is 42.0 Å². The van der Waals surface area contributed by atoms with Crippen molar-refractivity contribution in [3.8, 4) is 17.2 Å². The van der Waals surface area contributed by atoms with Gasteiger partial charge in [0.05, 0.1) is 23.3 Å². The van der Waals surface area contributed by atoms with Crippen molar-refractivity contribution in [2.45, 2.75) is 0 Å². The van der Waals surface area contributed by atoms with Crippen molar-refractivity contribution in [1.29, 1.82) is 0 Å².